The molecule has 3 rings (SSSR count). The number of aromatic nitrogens is 1. The number of hydrogen-bond acceptors (Lipinski definition) is 4. The van der Waals surface area contributed by atoms with Crippen LogP contribution in [-0.2, 0) is 4.74 Å². The van der Waals surface area contributed by atoms with Crippen LogP contribution in [-0.4, -0.2) is 37.3 Å². The number of nitrogens with two attached hydrogens (primary N) is 1. The van der Waals surface area contributed by atoms with Crippen LogP contribution >= 0.6 is 0 Å². The average Bonchev–Trinajstić information content (AvgIpc) is 2.46. The molecule has 1 unspecified atom stereocenters. The molecule has 0 saturated carbocycles. The van der Waals surface area contributed by atoms with Crippen LogP contribution in [0, 0.1) is 0 Å². The van der Waals surface area contributed by atoms with Gasteiger partial charge in [-0.05, 0) is 11.5 Å². The largest absolute Gasteiger partial charge is 0.377 e. The van der Waals surface area contributed by atoms with E-state index >= 15 is 0 Å². The zero-order valence-corrected chi connectivity index (χ0v) is 10.2. The van der Waals surface area contributed by atoms with E-state index in [4.69, 9.17) is 10.5 Å². The summed E-state index contributed by atoms with van der Waals surface area (Å²) in [4.78, 5) is 6.81. The predicted octanol–water partition coefficient (Wildman–Crippen LogP) is 1.40. The first-order valence-corrected chi connectivity index (χ1v) is 6.28. The SMILES string of the molecule is NCC1COCCN1c1nccc2ccccc12. The van der Waals surface area contributed by atoms with Crippen molar-refractivity contribution in [2.75, 3.05) is 31.2 Å². The minimum Gasteiger partial charge on any atom is -0.377 e. The minimum absolute atomic E-state index is 0.219. The summed E-state index contributed by atoms with van der Waals surface area (Å²) >= 11 is 0. The molecule has 0 aliphatic carbocycles. The van der Waals surface area contributed by atoms with E-state index in [0.717, 1.165) is 19.0 Å². The second-order valence-electron chi connectivity index (χ2n) is 4.51. The Hall–Kier alpha value is -1.65. The Morgan fingerprint density at radius 1 is 1.33 bits per heavy atom. The quantitative estimate of drug-likeness (QED) is 0.866. The van der Waals surface area contributed by atoms with Crippen molar-refractivity contribution in [3.05, 3.63) is 36.5 Å². The second kappa shape index (κ2) is 4.92. The lowest BCUT2D eigenvalue weighted by Crippen LogP contribution is -2.49. The highest BCUT2D eigenvalue weighted by Gasteiger charge is 2.24. The number of ether oxygens (including phenoxy) is 1. The van der Waals surface area contributed by atoms with E-state index in [-0.39, 0.29) is 6.04 Å². The van der Waals surface area contributed by atoms with E-state index < -0.39 is 0 Å². The highest BCUT2D eigenvalue weighted by atomic mass is 16.5. The fourth-order valence-corrected chi connectivity index (χ4v) is 2.46. The van der Waals surface area contributed by atoms with E-state index in [9.17, 15) is 0 Å². The summed E-state index contributed by atoms with van der Waals surface area (Å²) in [7, 11) is 0. The Kier molecular flexibility index (Phi) is 3.13. The fraction of sp³-hybridized carbons (Fsp3) is 0.357. The zero-order valence-electron chi connectivity index (χ0n) is 10.2. The second-order valence-corrected chi connectivity index (χ2v) is 4.51. The molecule has 0 bridgehead atoms. The average molecular weight is 243 g/mol. The smallest absolute Gasteiger partial charge is 0.136 e. The Balaban J connectivity index is 2.07. The van der Waals surface area contributed by atoms with Crippen molar-refractivity contribution in [1.82, 2.24) is 4.98 Å². The maximum absolute atomic E-state index is 5.83. The Labute approximate surface area is 106 Å². The van der Waals surface area contributed by atoms with Gasteiger partial charge in [-0.15, -0.1) is 0 Å². The summed E-state index contributed by atoms with van der Waals surface area (Å²) in [5.41, 5.74) is 5.83. The van der Waals surface area contributed by atoms with Crippen LogP contribution in [0.5, 0.6) is 0 Å². The van der Waals surface area contributed by atoms with Gasteiger partial charge in [0, 0.05) is 24.7 Å². The van der Waals surface area contributed by atoms with E-state index in [1.165, 1.54) is 10.8 Å². The first kappa shape index (κ1) is 11.4. The summed E-state index contributed by atoms with van der Waals surface area (Å²) in [6, 6.07) is 10.6. The predicted molar refractivity (Wildman–Crippen MR) is 72.8 cm³/mol. The molecule has 0 spiro atoms. The number of morpholine rings is 1. The van der Waals surface area contributed by atoms with Gasteiger partial charge in [0.05, 0.1) is 19.3 Å². The number of fused-ring (bicyclic) bond motifs is 1. The molecule has 0 radical (unpaired) electrons. The summed E-state index contributed by atoms with van der Waals surface area (Å²) in [6.45, 7) is 2.86. The number of pyridine rings is 1. The molecule has 18 heavy (non-hydrogen) atoms. The van der Waals surface area contributed by atoms with Crippen LogP contribution in [0.25, 0.3) is 10.8 Å². The molecule has 0 amide bonds. The van der Waals surface area contributed by atoms with Crippen molar-refractivity contribution in [2.45, 2.75) is 6.04 Å². The van der Waals surface area contributed by atoms with Gasteiger partial charge in [0.15, 0.2) is 0 Å². The number of rotatable bonds is 2. The molecular weight excluding hydrogens is 226 g/mol. The van der Waals surface area contributed by atoms with Gasteiger partial charge in [-0.1, -0.05) is 24.3 Å². The molecular formula is C14H17N3O. The molecule has 1 aromatic carbocycles. The lowest BCUT2D eigenvalue weighted by Gasteiger charge is -2.36. The first-order chi connectivity index (χ1) is 8.90. The fourth-order valence-electron chi connectivity index (χ4n) is 2.46. The van der Waals surface area contributed by atoms with Gasteiger partial charge in [0.1, 0.15) is 5.82 Å². The Morgan fingerprint density at radius 3 is 3.11 bits per heavy atom. The molecule has 1 aliphatic heterocycles. The molecule has 2 heterocycles. The highest BCUT2D eigenvalue weighted by Crippen LogP contribution is 2.26. The summed E-state index contributed by atoms with van der Waals surface area (Å²) in [6.07, 6.45) is 1.86. The molecule has 1 atom stereocenters. The number of hydrogen-bond donors (Lipinski definition) is 1. The lowest BCUT2D eigenvalue weighted by molar-refractivity contribution is 0.0960. The molecule has 1 aliphatic rings. The number of anilines is 1. The molecule has 94 valence electrons. The van der Waals surface area contributed by atoms with Gasteiger partial charge in [0.25, 0.3) is 0 Å². The van der Waals surface area contributed by atoms with Gasteiger partial charge in [-0.2, -0.15) is 0 Å². The van der Waals surface area contributed by atoms with Gasteiger partial charge in [-0.3, -0.25) is 0 Å². The van der Waals surface area contributed by atoms with Crippen molar-refractivity contribution in [2.24, 2.45) is 5.73 Å². The zero-order chi connectivity index (χ0) is 12.4. The van der Waals surface area contributed by atoms with Gasteiger partial charge >= 0.3 is 0 Å². The molecule has 4 heteroatoms. The molecule has 1 saturated heterocycles. The summed E-state index contributed by atoms with van der Waals surface area (Å²) < 4.78 is 5.49. The van der Waals surface area contributed by atoms with Gasteiger partial charge < -0.3 is 15.4 Å². The molecule has 1 aromatic heterocycles. The number of nitrogens with zero attached hydrogens (tertiary/aromatic N) is 2. The van der Waals surface area contributed by atoms with Crippen molar-refractivity contribution in [1.29, 1.82) is 0 Å². The normalized spacial score (nSPS) is 20.3. The minimum atomic E-state index is 0.219. The third-order valence-electron chi connectivity index (χ3n) is 3.42. The van der Waals surface area contributed by atoms with E-state index in [1.807, 2.05) is 24.4 Å². The first-order valence-electron chi connectivity index (χ1n) is 6.28. The maximum atomic E-state index is 5.83. The van der Waals surface area contributed by atoms with Crippen molar-refractivity contribution in [3.63, 3.8) is 0 Å². The van der Waals surface area contributed by atoms with Crippen molar-refractivity contribution in [3.8, 4) is 0 Å². The topological polar surface area (TPSA) is 51.4 Å². The van der Waals surface area contributed by atoms with Crippen LogP contribution in [0.3, 0.4) is 0 Å². The Bertz CT molecular complexity index is 538. The third kappa shape index (κ3) is 1.94. The van der Waals surface area contributed by atoms with Crippen LogP contribution < -0.4 is 10.6 Å². The van der Waals surface area contributed by atoms with Crippen LogP contribution in [0.2, 0.25) is 0 Å². The van der Waals surface area contributed by atoms with E-state index in [2.05, 4.69) is 22.0 Å². The molecule has 4 nitrogen and oxygen atoms in total. The molecule has 2 aromatic rings. The van der Waals surface area contributed by atoms with Gasteiger partial charge in [0.2, 0.25) is 0 Å². The highest BCUT2D eigenvalue weighted by molar-refractivity contribution is 5.92. The van der Waals surface area contributed by atoms with Crippen molar-refractivity contribution >= 4 is 16.6 Å². The monoisotopic (exact) mass is 243 g/mol. The number of benzene rings is 1. The summed E-state index contributed by atoms with van der Waals surface area (Å²) in [5.74, 6) is 1.02. The maximum Gasteiger partial charge on any atom is 0.136 e. The van der Waals surface area contributed by atoms with Crippen molar-refractivity contribution < 1.29 is 4.74 Å². The Morgan fingerprint density at radius 2 is 2.22 bits per heavy atom. The molecule has 2 N–H and O–H groups in total. The lowest BCUT2D eigenvalue weighted by atomic mass is 10.1. The third-order valence-corrected chi connectivity index (χ3v) is 3.42. The van der Waals surface area contributed by atoms with E-state index in [1.54, 1.807) is 0 Å². The standard InChI is InChI=1S/C14H17N3O/c15-9-12-10-18-8-7-17(12)14-13-4-2-1-3-11(13)5-6-16-14/h1-6,12H,7-10,15H2. The molecule has 1 fully saturated rings. The van der Waals surface area contributed by atoms with Crippen LogP contribution in [0.1, 0.15) is 0 Å². The summed E-state index contributed by atoms with van der Waals surface area (Å²) in [5, 5.41) is 2.39. The van der Waals surface area contributed by atoms with E-state index in [0.29, 0.717) is 13.2 Å². The van der Waals surface area contributed by atoms with Crippen LogP contribution in [0.4, 0.5) is 5.82 Å². The van der Waals surface area contributed by atoms with Gasteiger partial charge in [-0.25, -0.2) is 4.98 Å². The van der Waals surface area contributed by atoms with Crippen LogP contribution in [0.15, 0.2) is 36.5 Å².